The summed E-state index contributed by atoms with van der Waals surface area (Å²) in [5.41, 5.74) is 6.29. The van der Waals surface area contributed by atoms with E-state index in [4.69, 9.17) is 10.5 Å². The van der Waals surface area contributed by atoms with Gasteiger partial charge in [-0.25, -0.2) is 0 Å². The molecule has 1 unspecified atom stereocenters. The van der Waals surface area contributed by atoms with Crippen LogP contribution in [0.15, 0.2) is 40.9 Å². The van der Waals surface area contributed by atoms with Gasteiger partial charge in [0.15, 0.2) is 5.76 Å². The van der Waals surface area contributed by atoms with Crippen molar-refractivity contribution in [2.75, 3.05) is 6.61 Å². The Morgan fingerprint density at radius 2 is 2.00 bits per heavy atom. The van der Waals surface area contributed by atoms with Crippen LogP contribution in [0.2, 0.25) is 0 Å². The van der Waals surface area contributed by atoms with Crippen LogP contribution in [0.4, 0.5) is 0 Å². The molecule has 0 saturated carbocycles. The summed E-state index contributed by atoms with van der Waals surface area (Å²) in [5.74, 6) is 0.382. The molecule has 1 atom stereocenters. The maximum atomic E-state index is 11.2. The van der Waals surface area contributed by atoms with E-state index in [2.05, 4.69) is 16.6 Å². The van der Waals surface area contributed by atoms with Crippen LogP contribution in [0, 0.1) is 10.8 Å². The predicted octanol–water partition coefficient (Wildman–Crippen LogP) is 3.82. The largest absolute Gasteiger partial charge is 0.487 e. The van der Waals surface area contributed by atoms with Crippen LogP contribution in [0.25, 0.3) is 0 Å². The van der Waals surface area contributed by atoms with Crippen molar-refractivity contribution in [1.29, 1.82) is 0 Å². The molecule has 1 aromatic rings. The van der Waals surface area contributed by atoms with E-state index in [1.807, 2.05) is 41.5 Å². The maximum Gasteiger partial charge on any atom is 0.153 e. The number of hydrogen-bond acceptors (Lipinski definition) is 6. The van der Waals surface area contributed by atoms with E-state index in [0.717, 1.165) is 10.6 Å². The standard InChI is InChI=1S/C18H29N3O2S/c1-13(16(2,3)4)21-9-14(8-19)23-11-18(22,17(5,6)7)15-10-20-12-24-15/h8-10,12,22H,1,11,19H2,2-7H3/b14-8+,21-9-. The van der Waals surface area contributed by atoms with E-state index in [1.54, 1.807) is 11.7 Å². The summed E-state index contributed by atoms with van der Waals surface area (Å²) in [6.45, 7) is 16.0. The number of ether oxygens (including phenoxy) is 1. The molecule has 0 aliphatic rings. The Balaban J connectivity index is 2.90. The quantitative estimate of drug-likeness (QED) is 0.603. The van der Waals surface area contributed by atoms with Crippen LogP contribution < -0.4 is 5.73 Å². The van der Waals surface area contributed by atoms with Gasteiger partial charge in [-0.05, 0) is 5.41 Å². The molecule has 1 heterocycles. The van der Waals surface area contributed by atoms with Crippen LogP contribution >= 0.6 is 11.3 Å². The van der Waals surface area contributed by atoms with Gasteiger partial charge >= 0.3 is 0 Å². The zero-order chi connectivity index (χ0) is 18.6. The fraction of sp³-hybridized carbons (Fsp3) is 0.556. The van der Waals surface area contributed by atoms with Crippen molar-refractivity contribution < 1.29 is 9.84 Å². The topological polar surface area (TPSA) is 80.7 Å². The van der Waals surface area contributed by atoms with Gasteiger partial charge in [-0.1, -0.05) is 48.1 Å². The van der Waals surface area contributed by atoms with Gasteiger partial charge in [-0.15, -0.1) is 11.3 Å². The molecule has 134 valence electrons. The molecule has 0 radical (unpaired) electrons. The number of nitrogens with two attached hydrogens (primary N) is 1. The number of thiazole rings is 1. The van der Waals surface area contributed by atoms with Crippen molar-refractivity contribution in [2.24, 2.45) is 21.6 Å². The van der Waals surface area contributed by atoms with Crippen molar-refractivity contribution in [2.45, 2.75) is 47.1 Å². The summed E-state index contributed by atoms with van der Waals surface area (Å²) in [6.07, 6.45) is 4.53. The number of rotatable bonds is 6. The lowest BCUT2D eigenvalue weighted by Gasteiger charge is -2.39. The molecule has 0 aliphatic heterocycles. The van der Waals surface area contributed by atoms with Crippen molar-refractivity contribution in [3.05, 3.63) is 40.8 Å². The average molecular weight is 352 g/mol. The van der Waals surface area contributed by atoms with Crippen molar-refractivity contribution in [3.63, 3.8) is 0 Å². The van der Waals surface area contributed by atoms with Crippen LogP contribution in [-0.2, 0) is 10.3 Å². The minimum absolute atomic E-state index is 0.0513. The first-order valence-corrected chi connectivity index (χ1v) is 8.69. The van der Waals surface area contributed by atoms with E-state index >= 15 is 0 Å². The van der Waals surface area contributed by atoms with Crippen LogP contribution in [0.3, 0.4) is 0 Å². The number of nitrogens with zero attached hydrogens (tertiary/aromatic N) is 2. The Hall–Kier alpha value is -1.66. The SMILES string of the molecule is C=C(/N=C\C(=C/N)OCC(O)(c1cncs1)C(C)(C)C)C(C)(C)C. The zero-order valence-corrected chi connectivity index (χ0v) is 16.3. The lowest BCUT2D eigenvalue weighted by molar-refractivity contribution is -0.104. The zero-order valence-electron chi connectivity index (χ0n) is 15.5. The second-order valence-corrected chi connectivity index (χ2v) is 8.67. The van der Waals surface area contributed by atoms with Crippen LogP contribution in [0.1, 0.15) is 46.4 Å². The van der Waals surface area contributed by atoms with Crippen LogP contribution in [0.5, 0.6) is 0 Å². The highest BCUT2D eigenvalue weighted by Gasteiger charge is 2.44. The van der Waals surface area contributed by atoms with Crippen LogP contribution in [-0.4, -0.2) is 22.9 Å². The summed E-state index contributed by atoms with van der Waals surface area (Å²) in [7, 11) is 0. The van der Waals surface area contributed by atoms with Gasteiger partial charge in [0.2, 0.25) is 0 Å². The molecular weight excluding hydrogens is 322 g/mol. The lowest BCUT2D eigenvalue weighted by Crippen LogP contribution is -2.43. The van der Waals surface area contributed by atoms with Gasteiger partial charge in [0.25, 0.3) is 0 Å². The summed E-state index contributed by atoms with van der Waals surface area (Å²) in [5, 5.41) is 11.2. The van der Waals surface area contributed by atoms with Crippen molar-refractivity contribution in [1.82, 2.24) is 4.98 Å². The Morgan fingerprint density at radius 1 is 1.38 bits per heavy atom. The molecule has 0 aliphatic carbocycles. The summed E-state index contributed by atoms with van der Waals surface area (Å²) in [4.78, 5) is 9.12. The highest BCUT2D eigenvalue weighted by Crippen LogP contribution is 2.41. The van der Waals surface area contributed by atoms with E-state index in [0.29, 0.717) is 5.76 Å². The molecule has 0 fully saturated rings. The molecule has 0 spiro atoms. The van der Waals surface area contributed by atoms with Gasteiger partial charge in [0.1, 0.15) is 12.2 Å². The number of aromatic nitrogens is 1. The van der Waals surface area contributed by atoms with Gasteiger partial charge < -0.3 is 15.6 Å². The third-order valence-electron chi connectivity index (χ3n) is 3.91. The summed E-state index contributed by atoms with van der Waals surface area (Å²) >= 11 is 1.40. The molecule has 0 bridgehead atoms. The van der Waals surface area contributed by atoms with E-state index in [1.165, 1.54) is 23.8 Å². The normalized spacial score (nSPS) is 16.2. The highest BCUT2D eigenvalue weighted by molar-refractivity contribution is 7.09. The molecule has 6 heteroatoms. The molecular formula is C18H29N3O2S. The minimum atomic E-state index is -1.18. The number of hydrogen-bond donors (Lipinski definition) is 2. The molecule has 0 saturated heterocycles. The minimum Gasteiger partial charge on any atom is -0.487 e. The van der Waals surface area contributed by atoms with E-state index < -0.39 is 11.0 Å². The summed E-state index contributed by atoms with van der Waals surface area (Å²) in [6, 6.07) is 0. The molecule has 0 aromatic carbocycles. The predicted molar refractivity (Wildman–Crippen MR) is 101 cm³/mol. The molecule has 5 nitrogen and oxygen atoms in total. The van der Waals surface area contributed by atoms with Gasteiger partial charge in [-0.2, -0.15) is 0 Å². The summed E-state index contributed by atoms with van der Waals surface area (Å²) < 4.78 is 5.74. The maximum absolute atomic E-state index is 11.2. The number of aliphatic hydroxyl groups is 1. The van der Waals surface area contributed by atoms with E-state index in [9.17, 15) is 5.11 Å². The lowest BCUT2D eigenvalue weighted by atomic mass is 9.76. The van der Waals surface area contributed by atoms with E-state index in [-0.39, 0.29) is 12.0 Å². The third kappa shape index (κ3) is 4.92. The van der Waals surface area contributed by atoms with Gasteiger partial charge in [-0.3, -0.25) is 9.98 Å². The Labute approximate surface area is 149 Å². The third-order valence-corrected chi connectivity index (χ3v) is 4.83. The Bertz CT molecular complexity index is 607. The highest BCUT2D eigenvalue weighted by atomic mass is 32.1. The molecule has 1 aromatic heterocycles. The van der Waals surface area contributed by atoms with Crippen molar-refractivity contribution in [3.8, 4) is 0 Å². The first-order valence-electron chi connectivity index (χ1n) is 7.81. The number of aliphatic imine (C=N–C) groups is 1. The molecule has 3 N–H and O–H groups in total. The smallest absolute Gasteiger partial charge is 0.153 e. The molecule has 0 amide bonds. The second-order valence-electron chi connectivity index (χ2n) is 7.79. The monoisotopic (exact) mass is 351 g/mol. The number of allylic oxidation sites excluding steroid dienone is 2. The fourth-order valence-corrected chi connectivity index (χ4v) is 2.65. The first kappa shape index (κ1) is 20.4. The molecule has 1 rings (SSSR count). The van der Waals surface area contributed by atoms with Gasteiger partial charge in [0.05, 0.1) is 16.6 Å². The second kappa shape index (κ2) is 7.49. The average Bonchev–Trinajstić information content (AvgIpc) is 2.99. The Kier molecular flexibility index (Phi) is 6.36. The fourth-order valence-electron chi connectivity index (χ4n) is 1.73. The molecule has 24 heavy (non-hydrogen) atoms. The Morgan fingerprint density at radius 3 is 2.42 bits per heavy atom. The first-order chi connectivity index (χ1) is 10.9. The van der Waals surface area contributed by atoms with Gasteiger partial charge in [0, 0.05) is 23.5 Å². The van der Waals surface area contributed by atoms with Crippen molar-refractivity contribution >= 4 is 17.6 Å².